The van der Waals surface area contributed by atoms with Crippen molar-refractivity contribution < 1.29 is 9.90 Å². The maximum Gasteiger partial charge on any atom is 0.161 e. The molecule has 0 aliphatic heterocycles. The van der Waals surface area contributed by atoms with E-state index in [0.29, 0.717) is 12.1 Å². The fraction of sp³-hybridized carbons (Fsp3) is 0.364. The predicted octanol–water partition coefficient (Wildman–Crippen LogP) is 1.90. The number of anilines is 1. The minimum absolute atomic E-state index is 0.00142. The molecule has 3 nitrogen and oxygen atoms in total. The van der Waals surface area contributed by atoms with E-state index < -0.39 is 6.10 Å². The van der Waals surface area contributed by atoms with E-state index in [2.05, 4.69) is 5.32 Å². The number of carbonyl (C=O) groups excluding carboxylic acids is 1. The van der Waals surface area contributed by atoms with Gasteiger partial charge in [-0.05, 0) is 19.1 Å². The fourth-order valence-corrected chi connectivity index (χ4v) is 1.34. The number of benzene rings is 1. The highest BCUT2D eigenvalue weighted by Gasteiger charge is 2.07. The minimum atomic E-state index is -0.605. The summed E-state index contributed by atoms with van der Waals surface area (Å²) in [6.45, 7) is 1.85. The van der Waals surface area contributed by atoms with Crippen molar-refractivity contribution in [2.24, 2.45) is 0 Å². The molecule has 0 aliphatic carbocycles. The molecule has 0 radical (unpaired) electrons. The number of para-hydroxylation sites is 1. The van der Waals surface area contributed by atoms with Crippen LogP contribution in [0.3, 0.4) is 0 Å². The molecule has 2 N–H and O–H groups in total. The van der Waals surface area contributed by atoms with E-state index in [1.54, 1.807) is 18.2 Å². The second-order valence-electron chi connectivity index (χ2n) is 3.29. The van der Waals surface area contributed by atoms with Gasteiger partial charge in [-0.25, -0.2) is 0 Å². The summed E-state index contributed by atoms with van der Waals surface area (Å²) in [5, 5.41) is 12.3. The normalized spacial score (nSPS) is 12.2. The van der Waals surface area contributed by atoms with Crippen LogP contribution >= 0.6 is 11.6 Å². The molecule has 0 fully saturated rings. The van der Waals surface area contributed by atoms with Crippen LogP contribution in [-0.4, -0.2) is 29.4 Å². The summed E-state index contributed by atoms with van der Waals surface area (Å²) >= 11 is 5.46. The van der Waals surface area contributed by atoms with E-state index in [9.17, 15) is 9.90 Å². The van der Waals surface area contributed by atoms with Crippen molar-refractivity contribution in [3.8, 4) is 0 Å². The Labute approximate surface area is 94.1 Å². The van der Waals surface area contributed by atoms with Crippen molar-refractivity contribution in [1.29, 1.82) is 0 Å². The van der Waals surface area contributed by atoms with Crippen molar-refractivity contribution in [3.63, 3.8) is 0 Å². The Balaban J connectivity index is 2.72. The molecule has 0 heterocycles. The van der Waals surface area contributed by atoms with Gasteiger partial charge < -0.3 is 10.4 Å². The number of hydrogen-bond acceptors (Lipinski definition) is 3. The Hall–Kier alpha value is -1.06. The number of nitrogens with one attached hydrogen (secondary N) is 1. The molecule has 82 valence electrons. The van der Waals surface area contributed by atoms with Gasteiger partial charge >= 0.3 is 0 Å². The molecule has 15 heavy (non-hydrogen) atoms. The van der Waals surface area contributed by atoms with Crippen molar-refractivity contribution in [1.82, 2.24) is 0 Å². The highest BCUT2D eigenvalue weighted by molar-refractivity contribution is 6.18. The summed E-state index contributed by atoms with van der Waals surface area (Å²) in [6.07, 6.45) is -0.605. The number of halogens is 1. The Morgan fingerprint density at radius 1 is 1.53 bits per heavy atom. The predicted molar refractivity (Wildman–Crippen MR) is 61.7 cm³/mol. The molecule has 0 spiro atoms. The number of hydrogen-bond donors (Lipinski definition) is 2. The largest absolute Gasteiger partial charge is 0.390 e. The van der Waals surface area contributed by atoms with Crippen molar-refractivity contribution in [2.45, 2.75) is 13.0 Å². The van der Waals surface area contributed by atoms with Crippen LogP contribution in [0.15, 0.2) is 24.3 Å². The molecule has 0 aliphatic rings. The van der Waals surface area contributed by atoms with Crippen LogP contribution in [0.4, 0.5) is 5.69 Å². The maximum atomic E-state index is 11.3. The molecule has 0 saturated heterocycles. The van der Waals surface area contributed by atoms with E-state index in [1.807, 2.05) is 6.07 Å². The van der Waals surface area contributed by atoms with E-state index in [-0.39, 0.29) is 11.7 Å². The number of rotatable bonds is 5. The van der Waals surface area contributed by atoms with Crippen molar-refractivity contribution in [2.75, 3.05) is 17.7 Å². The first-order chi connectivity index (χ1) is 7.15. The molecule has 0 aromatic heterocycles. The second kappa shape index (κ2) is 5.73. The van der Waals surface area contributed by atoms with Gasteiger partial charge in [0.05, 0.1) is 12.0 Å². The lowest BCUT2D eigenvalue weighted by Crippen LogP contribution is -2.21. The molecule has 1 aromatic rings. The van der Waals surface area contributed by atoms with Crippen LogP contribution in [0.25, 0.3) is 0 Å². The number of alkyl halides is 1. The standard InChI is InChI=1S/C11H14ClNO2/c1-8(14)10-4-2-3-5-11(10)13-7-9(15)6-12/h2-5,9,13,15H,6-7H2,1H3. The van der Waals surface area contributed by atoms with Crippen LogP contribution in [-0.2, 0) is 0 Å². The van der Waals surface area contributed by atoms with Crippen molar-refractivity contribution >= 4 is 23.1 Å². The lowest BCUT2D eigenvalue weighted by molar-refractivity contribution is 0.101. The zero-order valence-corrected chi connectivity index (χ0v) is 9.29. The molecule has 4 heteroatoms. The third kappa shape index (κ3) is 3.53. The van der Waals surface area contributed by atoms with Gasteiger partial charge in [0, 0.05) is 17.8 Å². The molecule has 1 unspecified atom stereocenters. The average Bonchev–Trinajstić information content (AvgIpc) is 2.26. The van der Waals surface area contributed by atoms with Gasteiger partial charge in [0.1, 0.15) is 0 Å². The Morgan fingerprint density at radius 3 is 2.80 bits per heavy atom. The number of carbonyl (C=O) groups is 1. The molecule has 0 saturated carbocycles. The topological polar surface area (TPSA) is 49.3 Å². The summed E-state index contributed by atoms with van der Waals surface area (Å²) in [5.41, 5.74) is 1.36. The molecule has 1 aromatic carbocycles. The number of aliphatic hydroxyl groups is 1. The summed E-state index contributed by atoms with van der Waals surface area (Å²) in [5.74, 6) is 0.174. The zero-order valence-electron chi connectivity index (χ0n) is 8.53. The van der Waals surface area contributed by atoms with Crippen LogP contribution in [0, 0.1) is 0 Å². The highest BCUT2D eigenvalue weighted by Crippen LogP contribution is 2.15. The third-order valence-electron chi connectivity index (χ3n) is 2.01. The van der Waals surface area contributed by atoms with Crippen LogP contribution in [0.5, 0.6) is 0 Å². The van der Waals surface area contributed by atoms with Gasteiger partial charge in [-0.2, -0.15) is 0 Å². The SMILES string of the molecule is CC(=O)c1ccccc1NCC(O)CCl. The smallest absolute Gasteiger partial charge is 0.161 e. The number of aliphatic hydroxyl groups excluding tert-OH is 1. The van der Waals surface area contributed by atoms with E-state index in [4.69, 9.17) is 11.6 Å². The lowest BCUT2D eigenvalue weighted by Gasteiger charge is -2.12. The highest BCUT2D eigenvalue weighted by atomic mass is 35.5. The molecular formula is C11H14ClNO2. The van der Waals surface area contributed by atoms with Gasteiger partial charge in [-0.1, -0.05) is 12.1 Å². The summed E-state index contributed by atoms with van der Waals surface area (Å²) in [6, 6.07) is 7.19. The Bertz CT molecular complexity index is 341. The van der Waals surface area contributed by atoms with Crippen molar-refractivity contribution in [3.05, 3.63) is 29.8 Å². The summed E-state index contributed by atoms with van der Waals surface area (Å²) in [4.78, 5) is 11.3. The summed E-state index contributed by atoms with van der Waals surface area (Å²) in [7, 11) is 0. The van der Waals surface area contributed by atoms with E-state index >= 15 is 0 Å². The molecule has 0 bridgehead atoms. The Kier molecular flexibility index (Phi) is 4.59. The van der Waals surface area contributed by atoms with Gasteiger partial charge in [0.15, 0.2) is 5.78 Å². The van der Waals surface area contributed by atoms with Crippen LogP contribution < -0.4 is 5.32 Å². The van der Waals surface area contributed by atoms with E-state index in [1.165, 1.54) is 6.92 Å². The molecule has 0 amide bonds. The Morgan fingerprint density at radius 2 is 2.20 bits per heavy atom. The fourth-order valence-electron chi connectivity index (χ4n) is 1.23. The first kappa shape index (κ1) is 12.0. The third-order valence-corrected chi connectivity index (χ3v) is 2.37. The van der Waals surface area contributed by atoms with E-state index in [0.717, 1.165) is 5.69 Å². The number of ketones is 1. The first-order valence-corrected chi connectivity index (χ1v) is 5.26. The van der Waals surface area contributed by atoms with Gasteiger partial charge in [-0.15, -0.1) is 11.6 Å². The summed E-state index contributed by atoms with van der Waals surface area (Å²) < 4.78 is 0. The second-order valence-corrected chi connectivity index (χ2v) is 3.60. The first-order valence-electron chi connectivity index (χ1n) is 4.73. The van der Waals surface area contributed by atoms with Crippen LogP contribution in [0.1, 0.15) is 17.3 Å². The quantitative estimate of drug-likeness (QED) is 0.597. The lowest BCUT2D eigenvalue weighted by atomic mass is 10.1. The van der Waals surface area contributed by atoms with Gasteiger partial charge in [0.25, 0.3) is 0 Å². The van der Waals surface area contributed by atoms with Gasteiger partial charge in [-0.3, -0.25) is 4.79 Å². The minimum Gasteiger partial charge on any atom is -0.390 e. The maximum absolute atomic E-state index is 11.3. The molecular weight excluding hydrogens is 214 g/mol. The van der Waals surface area contributed by atoms with Crippen LogP contribution in [0.2, 0.25) is 0 Å². The monoisotopic (exact) mass is 227 g/mol. The molecule has 1 rings (SSSR count). The zero-order chi connectivity index (χ0) is 11.3. The van der Waals surface area contributed by atoms with Gasteiger partial charge in [0.2, 0.25) is 0 Å². The average molecular weight is 228 g/mol. The molecule has 1 atom stereocenters. The number of Topliss-reactive ketones (excluding diaryl/α,β-unsaturated/α-hetero) is 1.